The van der Waals surface area contributed by atoms with Crippen LogP contribution >= 0.6 is 11.6 Å². The van der Waals surface area contributed by atoms with Gasteiger partial charge in [-0.3, -0.25) is 30.0 Å². The van der Waals surface area contributed by atoms with Gasteiger partial charge in [-0.15, -0.1) is 11.6 Å². The van der Waals surface area contributed by atoms with E-state index in [0.29, 0.717) is 11.9 Å². The van der Waals surface area contributed by atoms with Gasteiger partial charge >= 0.3 is 0 Å². The Morgan fingerprint density at radius 1 is 0.833 bits per heavy atom. The minimum Gasteiger partial charge on any atom is -0.298 e. The summed E-state index contributed by atoms with van der Waals surface area (Å²) in [5, 5.41) is 20.8. The maximum absolute atomic E-state index is 10.6. The lowest BCUT2D eigenvalue weighted by molar-refractivity contribution is -0.385. The van der Waals surface area contributed by atoms with E-state index in [4.69, 9.17) is 11.6 Å². The third kappa shape index (κ3) is 7.37. The Morgan fingerprint density at radius 2 is 1.27 bits per heavy atom. The Bertz CT molecular complexity index is 820. The molecule has 0 aliphatic carbocycles. The first kappa shape index (κ1) is 23.7. The van der Waals surface area contributed by atoms with Crippen LogP contribution in [0.25, 0.3) is 0 Å². The molecule has 0 bridgehead atoms. The minimum atomic E-state index is -0.433. The van der Waals surface area contributed by atoms with Gasteiger partial charge in [0.15, 0.2) is 0 Å². The van der Waals surface area contributed by atoms with Crippen molar-refractivity contribution in [3.8, 4) is 0 Å². The van der Waals surface area contributed by atoms with Crippen LogP contribution in [0.15, 0.2) is 48.5 Å². The van der Waals surface area contributed by atoms with Gasteiger partial charge in [-0.1, -0.05) is 24.3 Å². The van der Waals surface area contributed by atoms with E-state index in [0.717, 1.165) is 43.9 Å². The quantitative estimate of drug-likeness (QED) is 0.378. The van der Waals surface area contributed by atoms with Crippen LogP contribution in [0.2, 0.25) is 0 Å². The molecule has 2 aromatic carbocycles. The highest BCUT2D eigenvalue weighted by Gasteiger charge is 2.18. The van der Waals surface area contributed by atoms with Gasteiger partial charge in [-0.05, 0) is 25.0 Å². The molecular formula is C21H27ClN4O4. The van der Waals surface area contributed by atoms with Gasteiger partial charge in [0.1, 0.15) is 0 Å². The number of benzene rings is 2. The van der Waals surface area contributed by atoms with Gasteiger partial charge in [-0.2, -0.15) is 0 Å². The van der Waals surface area contributed by atoms with E-state index in [-0.39, 0.29) is 16.3 Å². The second-order valence-electron chi connectivity index (χ2n) is 7.39. The Labute approximate surface area is 181 Å². The molecular weight excluding hydrogens is 408 g/mol. The molecule has 0 radical (unpaired) electrons. The highest BCUT2D eigenvalue weighted by molar-refractivity contribution is 6.17. The zero-order chi connectivity index (χ0) is 22.1. The molecule has 1 aliphatic heterocycles. The summed E-state index contributed by atoms with van der Waals surface area (Å²) < 4.78 is 0. The lowest BCUT2D eigenvalue weighted by Crippen LogP contribution is -2.48. The molecule has 0 aromatic heterocycles. The van der Waals surface area contributed by atoms with Gasteiger partial charge in [0.05, 0.1) is 9.85 Å². The largest absolute Gasteiger partial charge is 0.298 e. The number of halogens is 1. The lowest BCUT2D eigenvalue weighted by atomic mass is 10.1. The Balaban J connectivity index is 0.000000248. The van der Waals surface area contributed by atoms with Gasteiger partial charge in [0, 0.05) is 68.9 Å². The standard InChI is InChI=1S/C14H21N3O2.C7H6ClNO2/c1-12(2)16-9-7-15(8-10-16)11-13-3-5-14(6-4-13)17(18)19;8-5-6-1-3-7(4-2-6)9(10)11/h3-6,12H,7-11H2,1-2H3;1-4H,5H2. The van der Waals surface area contributed by atoms with Crippen LogP contribution in [0, 0.1) is 20.2 Å². The summed E-state index contributed by atoms with van der Waals surface area (Å²) in [6.45, 7) is 9.67. The van der Waals surface area contributed by atoms with E-state index in [2.05, 4.69) is 23.6 Å². The van der Waals surface area contributed by atoms with Crippen molar-refractivity contribution < 1.29 is 9.85 Å². The molecule has 0 N–H and O–H groups in total. The second kappa shape index (κ2) is 11.6. The maximum atomic E-state index is 10.6. The molecule has 0 spiro atoms. The normalized spacial score (nSPS) is 14.8. The molecule has 0 unspecified atom stereocenters. The van der Waals surface area contributed by atoms with E-state index >= 15 is 0 Å². The van der Waals surface area contributed by atoms with Crippen LogP contribution in [0.5, 0.6) is 0 Å². The monoisotopic (exact) mass is 434 g/mol. The molecule has 0 atom stereocenters. The molecule has 162 valence electrons. The van der Waals surface area contributed by atoms with Crippen molar-refractivity contribution in [2.45, 2.75) is 32.3 Å². The van der Waals surface area contributed by atoms with Crippen molar-refractivity contribution in [1.82, 2.24) is 9.80 Å². The summed E-state index contributed by atoms with van der Waals surface area (Å²) in [4.78, 5) is 24.9. The number of nitro benzene ring substituents is 2. The molecule has 30 heavy (non-hydrogen) atoms. The fraction of sp³-hybridized carbons (Fsp3) is 0.429. The SMILES string of the molecule is CC(C)N1CCN(Cc2ccc([N+](=O)[O-])cc2)CC1.O=[N+]([O-])c1ccc(CCl)cc1. The Morgan fingerprint density at radius 3 is 1.63 bits per heavy atom. The zero-order valence-corrected chi connectivity index (χ0v) is 18.0. The molecule has 2 aromatic rings. The number of alkyl halides is 1. The molecule has 3 rings (SSSR count). The van der Waals surface area contributed by atoms with Crippen molar-refractivity contribution in [3.63, 3.8) is 0 Å². The van der Waals surface area contributed by atoms with E-state index in [1.165, 1.54) is 12.1 Å². The van der Waals surface area contributed by atoms with E-state index in [1.54, 1.807) is 24.3 Å². The first-order valence-electron chi connectivity index (χ1n) is 9.79. The fourth-order valence-corrected chi connectivity index (χ4v) is 3.30. The van der Waals surface area contributed by atoms with E-state index in [9.17, 15) is 20.2 Å². The first-order chi connectivity index (χ1) is 14.3. The van der Waals surface area contributed by atoms with Crippen LogP contribution in [0.1, 0.15) is 25.0 Å². The van der Waals surface area contributed by atoms with Gasteiger partial charge in [0.25, 0.3) is 11.4 Å². The molecule has 0 saturated carbocycles. The summed E-state index contributed by atoms with van der Waals surface area (Å²) in [5.74, 6) is 0.387. The number of rotatable bonds is 6. The van der Waals surface area contributed by atoms with Crippen molar-refractivity contribution >= 4 is 23.0 Å². The summed E-state index contributed by atoms with van der Waals surface area (Å²) in [7, 11) is 0. The Hall–Kier alpha value is -2.55. The van der Waals surface area contributed by atoms with Crippen molar-refractivity contribution in [2.75, 3.05) is 26.2 Å². The first-order valence-corrected chi connectivity index (χ1v) is 10.3. The van der Waals surface area contributed by atoms with E-state index < -0.39 is 4.92 Å². The van der Waals surface area contributed by atoms with Crippen LogP contribution in [-0.2, 0) is 12.4 Å². The lowest BCUT2D eigenvalue weighted by Gasteiger charge is -2.36. The third-order valence-electron chi connectivity index (χ3n) is 4.99. The summed E-state index contributed by atoms with van der Waals surface area (Å²) >= 11 is 5.49. The summed E-state index contributed by atoms with van der Waals surface area (Å²) in [6.07, 6.45) is 0. The van der Waals surface area contributed by atoms with Crippen molar-refractivity contribution in [1.29, 1.82) is 0 Å². The van der Waals surface area contributed by atoms with E-state index in [1.807, 2.05) is 12.1 Å². The number of piperazine rings is 1. The number of non-ortho nitro benzene ring substituents is 2. The Kier molecular flexibility index (Phi) is 9.16. The van der Waals surface area contributed by atoms with Crippen LogP contribution in [0.3, 0.4) is 0 Å². The molecule has 8 nitrogen and oxygen atoms in total. The summed E-state index contributed by atoms with van der Waals surface area (Å²) in [5.41, 5.74) is 2.29. The molecule has 9 heteroatoms. The van der Waals surface area contributed by atoms with Gasteiger partial charge in [0.2, 0.25) is 0 Å². The van der Waals surface area contributed by atoms with Crippen molar-refractivity contribution in [2.24, 2.45) is 0 Å². The minimum absolute atomic E-state index is 0.0962. The van der Waals surface area contributed by atoms with Gasteiger partial charge in [-0.25, -0.2) is 0 Å². The third-order valence-corrected chi connectivity index (χ3v) is 5.30. The smallest absolute Gasteiger partial charge is 0.269 e. The number of nitro groups is 2. The number of hydrogen-bond donors (Lipinski definition) is 0. The topological polar surface area (TPSA) is 92.8 Å². The fourth-order valence-electron chi connectivity index (χ4n) is 3.13. The highest BCUT2D eigenvalue weighted by atomic mass is 35.5. The summed E-state index contributed by atoms with van der Waals surface area (Å²) in [6, 6.07) is 13.7. The van der Waals surface area contributed by atoms with Crippen molar-refractivity contribution in [3.05, 3.63) is 79.9 Å². The highest BCUT2D eigenvalue weighted by Crippen LogP contribution is 2.15. The number of nitrogens with zero attached hydrogens (tertiary/aromatic N) is 4. The predicted molar refractivity (Wildman–Crippen MR) is 118 cm³/mol. The van der Waals surface area contributed by atoms with Gasteiger partial charge < -0.3 is 0 Å². The molecule has 1 aliphatic rings. The predicted octanol–water partition coefficient (Wildman–Crippen LogP) is 4.45. The zero-order valence-electron chi connectivity index (χ0n) is 17.2. The van der Waals surface area contributed by atoms with Crippen LogP contribution in [0.4, 0.5) is 11.4 Å². The second-order valence-corrected chi connectivity index (χ2v) is 7.65. The van der Waals surface area contributed by atoms with Crippen LogP contribution < -0.4 is 0 Å². The average molecular weight is 435 g/mol. The molecule has 0 amide bonds. The number of hydrogen-bond acceptors (Lipinski definition) is 6. The van der Waals surface area contributed by atoms with Crippen LogP contribution in [-0.4, -0.2) is 51.9 Å². The maximum Gasteiger partial charge on any atom is 0.269 e. The molecule has 1 heterocycles. The molecule has 1 fully saturated rings. The molecule has 1 saturated heterocycles. The average Bonchev–Trinajstić information content (AvgIpc) is 2.75.